The Morgan fingerprint density at radius 2 is 2.25 bits per heavy atom. The van der Waals surface area contributed by atoms with Gasteiger partial charge in [0.1, 0.15) is 0 Å². The number of para-hydroxylation sites is 1. The van der Waals surface area contributed by atoms with Crippen molar-refractivity contribution in [3.63, 3.8) is 0 Å². The highest BCUT2D eigenvalue weighted by Gasteiger charge is 2.24. The van der Waals surface area contributed by atoms with Gasteiger partial charge in [-0.05, 0) is 18.6 Å². The maximum absolute atomic E-state index is 5.63. The minimum absolute atomic E-state index is 0.610. The van der Waals surface area contributed by atoms with Gasteiger partial charge in [0.15, 0.2) is 5.13 Å². The zero-order valence-corrected chi connectivity index (χ0v) is 12.6. The molecule has 0 bridgehead atoms. The molecule has 0 aliphatic carbocycles. The molecule has 0 amide bonds. The molecule has 1 aromatic carbocycles. The van der Waals surface area contributed by atoms with Gasteiger partial charge in [-0.2, -0.15) is 0 Å². The fourth-order valence-electron chi connectivity index (χ4n) is 2.53. The fourth-order valence-corrected chi connectivity index (χ4v) is 3.53. The number of benzene rings is 1. The van der Waals surface area contributed by atoms with E-state index in [4.69, 9.17) is 14.5 Å². The fraction of sp³-hybridized carbons (Fsp3) is 0.533. The van der Waals surface area contributed by atoms with Crippen LogP contribution in [0, 0.1) is 5.92 Å². The van der Waals surface area contributed by atoms with Gasteiger partial charge in [-0.1, -0.05) is 23.5 Å². The van der Waals surface area contributed by atoms with Crippen LogP contribution in [-0.2, 0) is 9.47 Å². The molecule has 4 nitrogen and oxygen atoms in total. The van der Waals surface area contributed by atoms with Gasteiger partial charge in [-0.25, -0.2) is 4.98 Å². The van der Waals surface area contributed by atoms with Crippen molar-refractivity contribution in [1.29, 1.82) is 0 Å². The van der Waals surface area contributed by atoms with Gasteiger partial charge in [-0.15, -0.1) is 0 Å². The van der Waals surface area contributed by atoms with E-state index in [0.717, 1.165) is 30.3 Å². The van der Waals surface area contributed by atoms with Crippen LogP contribution in [0.15, 0.2) is 24.3 Å². The maximum atomic E-state index is 5.63. The van der Waals surface area contributed by atoms with Crippen molar-refractivity contribution in [1.82, 2.24) is 4.98 Å². The summed E-state index contributed by atoms with van der Waals surface area (Å²) in [6.45, 7) is 4.32. The lowest BCUT2D eigenvalue weighted by Gasteiger charge is -2.14. The van der Waals surface area contributed by atoms with Crippen LogP contribution in [0.2, 0.25) is 0 Å². The molecule has 20 heavy (non-hydrogen) atoms. The van der Waals surface area contributed by atoms with Crippen LogP contribution in [0.5, 0.6) is 0 Å². The second-order valence-corrected chi connectivity index (χ2v) is 6.14. The summed E-state index contributed by atoms with van der Waals surface area (Å²) in [5.74, 6) is 0.610. The molecule has 1 unspecified atom stereocenters. The second-order valence-electron chi connectivity index (χ2n) is 5.13. The highest BCUT2D eigenvalue weighted by molar-refractivity contribution is 7.22. The van der Waals surface area contributed by atoms with E-state index in [1.54, 1.807) is 18.4 Å². The third-order valence-corrected chi connectivity index (χ3v) is 4.72. The number of ether oxygens (including phenoxy) is 2. The summed E-state index contributed by atoms with van der Waals surface area (Å²) in [5, 5.41) is 1.14. The predicted octanol–water partition coefficient (Wildman–Crippen LogP) is 2.79. The monoisotopic (exact) mass is 292 g/mol. The number of hydrogen-bond donors (Lipinski definition) is 0. The average molecular weight is 292 g/mol. The quantitative estimate of drug-likeness (QED) is 0.767. The molecule has 2 aromatic rings. The molecule has 0 radical (unpaired) electrons. The normalized spacial score (nSPS) is 19.1. The van der Waals surface area contributed by atoms with E-state index in [0.29, 0.717) is 19.1 Å². The molecule has 1 atom stereocenters. The van der Waals surface area contributed by atoms with Gasteiger partial charge in [-0.3, -0.25) is 0 Å². The molecule has 5 heteroatoms. The van der Waals surface area contributed by atoms with Crippen LogP contribution in [0.4, 0.5) is 5.13 Å². The first-order chi connectivity index (χ1) is 9.86. The molecule has 0 N–H and O–H groups in total. The van der Waals surface area contributed by atoms with Crippen molar-refractivity contribution in [2.75, 3.05) is 44.9 Å². The summed E-state index contributed by atoms with van der Waals surface area (Å²) in [6, 6.07) is 8.33. The number of fused-ring (bicyclic) bond motifs is 1. The maximum Gasteiger partial charge on any atom is 0.186 e. The molecule has 1 aliphatic rings. The SMILES string of the molecule is COCCOCC1CCN(c2nc3ccccc3s2)C1. The Hall–Kier alpha value is -1.17. The van der Waals surface area contributed by atoms with Gasteiger partial charge in [0.05, 0.1) is 30.0 Å². The van der Waals surface area contributed by atoms with Crippen molar-refractivity contribution < 1.29 is 9.47 Å². The smallest absolute Gasteiger partial charge is 0.186 e. The number of hydrogen-bond acceptors (Lipinski definition) is 5. The van der Waals surface area contributed by atoms with Gasteiger partial charge in [0.2, 0.25) is 0 Å². The van der Waals surface area contributed by atoms with Gasteiger partial charge >= 0.3 is 0 Å². The van der Waals surface area contributed by atoms with E-state index in [2.05, 4.69) is 23.1 Å². The largest absolute Gasteiger partial charge is 0.382 e. The van der Waals surface area contributed by atoms with Gasteiger partial charge < -0.3 is 14.4 Å². The molecule has 1 fully saturated rings. The van der Waals surface area contributed by atoms with Crippen LogP contribution in [0.3, 0.4) is 0 Å². The Morgan fingerprint density at radius 1 is 1.35 bits per heavy atom. The molecule has 1 aromatic heterocycles. The van der Waals surface area contributed by atoms with E-state index in [1.165, 1.54) is 11.1 Å². The molecule has 108 valence electrons. The van der Waals surface area contributed by atoms with Crippen LogP contribution in [0.1, 0.15) is 6.42 Å². The zero-order valence-electron chi connectivity index (χ0n) is 11.7. The lowest BCUT2D eigenvalue weighted by atomic mass is 10.1. The molecule has 0 spiro atoms. The van der Waals surface area contributed by atoms with Gasteiger partial charge in [0.25, 0.3) is 0 Å². The summed E-state index contributed by atoms with van der Waals surface area (Å²) in [4.78, 5) is 7.11. The molecule has 1 aliphatic heterocycles. The summed E-state index contributed by atoms with van der Waals surface area (Å²) in [7, 11) is 1.70. The molecule has 0 saturated carbocycles. The number of methoxy groups -OCH3 is 1. The zero-order chi connectivity index (χ0) is 13.8. The molecule has 1 saturated heterocycles. The Balaban J connectivity index is 1.56. The number of aromatic nitrogens is 1. The first-order valence-corrected chi connectivity index (χ1v) is 7.85. The summed E-state index contributed by atoms with van der Waals surface area (Å²) < 4.78 is 11.9. The minimum Gasteiger partial charge on any atom is -0.382 e. The third kappa shape index (κ3) is 3.11. The van der Waals surface area contributed by atoms with Crippen molar-refractivity contribution in [3.8, 4) is 0 Å². The highest BCUT2D eigenvalue weighted by Crippen LogP contribution is 2.31. The van der Waals surface area contributed by atoms with Crippen molar-refractivity contribution in [2.45, 2.75) is 6.42 Å². The van der Waals surface area contributed by atoms with Crippen molar-refractivity contribution in [3.05, 3.63) is 24.3 Å². The van der Waals surface area contributed by atoms with E-state index in [9.17, 15) is 0 Å². The minimum atomic E-state index is 0.610. The van der Waals surface area contributed by atoms with Crippen LogP contribution in [0.25, 0.3) is 10.2 Å². The van der Waals surface area contributed by atoms with Gasteiger partial charge in [0, 0.05) is 26.1 Å². The van der Waals surface area contributed by atoms with Crippen LogP contribution in [-0.4, -0.2) is 45.0 Å². The molecular formula is C15H20N2O2S. The molecule has 3 rings (SSSR count). The number of anilines is 1. The standard InChI is InChI=1S/C15H20N2O2S/c1-18-8-9-19-11-12-6-7-17(10-12)15-16-13-4-2-3-5-14(13)20-15/h2-5,12H,6-11H2,1H3. The number of thiazole rings is 1. The Kier molecular flexibility index (Phi) is 4.50. The van der Waals surface area contributed by atoms with E-state index in [1.807, 2.05) is 6.07 Å². The number of nitrogens with zero attached hydrogens (tertiary/aromatic N) is 2. The molecular weight excluding hydrogens is 272 g/mol. The topological polar surface area (TPSA) is 34.6 Å². The van der Waals surface area contributed by atoms with E-state index < -0.39 is 0 Å². The van der Waals surface area contributed by atoms with Crippen molar-refractivity contribution in [2.24, 2.45) is 5.92 Å². The first kappa shape index (κ1) is 13.8. The molecule has 2 heterocycles. The number of rotatable bonds is 6. The van der Waals surface area contributed by atoms with Crippen LogP contribution < -0.4 is 4.90 Å². The lowest BCUT2D eigenvalue weighted by molar-refractivity contribution is 0.0549. The Bertz CT molecular complexity index is 525. The average Bonchev–Trinajstić information content (AvgIpc) is 3.09. The first-order valence-electron chi connectivity index (χ1n) is 7.04. The highest BCUT2D eigenvalue weighted by atomic mass is 32.1. The van der Waals surface area contributed by atoms with Crippen molar-refractivity contribution >= 4 is 26.7 Å². The summed E-state index contributed by atoms with van der Waals surface area (Å²) in [6.07, 6.45) is 1.18. The predicted molar refractivity (Wildman–Crippen MR) is 82.6 cm³/mol. The van der Waals surface area contributed by atoms with Crippen LogP contribution >= 0.6 is 11.3 Å². The van der Waals surface area contributed by atoms with E-state index >= 15 is 0 Å². The Labute approximate surface area is 123 Å². The second kappa shape index (κ2) is 6.52. The lowest BCUT2D eigenvalue weighted by Crippen LogP contribution is -2.21. The summed E-state index contributed by atoms with van der Waals surface area (Å²) in [5.41, 5.74) is 1.10. The summed E-state index contributed by atoms with van der Waals surface area (Å²) >= 11 is 1.78. The Morgan fingerprint density at radius 3 is 3.10 bits per heavy atom. The van der Waals surface area contributed by atoms with E-state index in [-0.39, 0.29) is 0 Å². The third-order valence-electron chi connectivity index (χ3n) is 3.62.